The van der Waals surface area contributed by atoms with Crippen molar-refractivity contribution < 1.29 is 4.79 Å². The van der Waals surface area contributed by atoms with Crippen LogP contribution in [0.1, 0.15) is 27.2 Å². The van der Waals surface area contributed by atoms with Gasteiger partial charge in [-0.2, -0.15) is 5.26 Å². The molecule has 0 amide bonds. The van der Waals surface area contributed by atoms with Crippen LogP contribution in [-0.4, -0.2) is 5.78 Å². The minimum Gasteiger partial charge on any atom is -0.298 e. The number of ketones is 1. The summed E-state index contributed by atoms with van der Waals surface area (Å²) in [6.45, 7) is 9.77. The lowest BCUT2D eigenvalue weighted by Crippen LogP contribution is -2.38. The van der Waals surface area contributed by atoms with E-state index in [9.17, 15) is 4.79 Å². The highest BCUT2D eigenvalue weighted by atomic mass is 16.1. The van der Waals surface area contributed by atoms with E-state index in [0.717, 1.165) is 12.0 Å². The van der Waals surface area contributed by atoms with Crippen LogP contribution in [0.5, 0.6) is 0 Å². The van der Waals surface area contributed by atoms with E-state index >= 15 is 0 Å². The highest BCUT2D eigenvalue weighted by Gasteiger charge is 2.40. The molecule has 0 N–H and O–H groups in total. The average Bonchev–Trinajstić information content (AvgIpc) is 2.13. The van der Waals surface area contributed by atoms with E-state index in [1.807, 2.05) is 13.8 Å². The Hall–Kier alpha value is -1.10. The molecule has 2 heteroatoms. The minimum atomic E-state index is -0.460. The normalized spacial score (nSPS) is 37.7. The van der Waals surface area contributed by atoms with Gasteiger partial charge in [0.15, 0.2) is 5.78 Å². The number of Topliss-reactive ketones (excluding diaryl/α,β-unsaturated/α-hetero) is 1. The summed E-state index contributed by atoms with van der Waals surface area (Å²) in [5.74, 6) is 0.0979. The Morgan fingerprint density at radius 1 is 1.57 bits per heavy atom. The van der Waals surface area contributed by atoms with E-state index in [-0.39, 0.29) is 17.6 Å². The predicted molar refractivity (Wildman–Crippen MR) is 55.4 cm³/mol. The van der Waals surface area contributed by atoms with Crippen LogP contribution in [0.25, 0.3) is 0 Å². The van der Waals surface area contributed by atoms with Gasteiger partial charge in [-0.25, -0.2) is 0 Å². The minimum absolute atomic E-state index is 0.0234. The summed E-state index contributed by atoms with van der Waals surface area (Å²) >= 11 is 0. The fraction of sp³-hybridized carbons (Fsp3) is 0.667. The molecule has 1 aliphatic rings. The van der Waals surface area contributed by atoms with Gasteiger partial charge in [0, 0.05) is 11.8 Å². The molecule has 1 saturated carbocycles. The lowest BCUT2D eigenvalue weighted by atomic mass is 9.67. The summed E-state index contributed by atoms with van der Waals surface area (Å²) in [5.41, 5.74) is 0.962. The first-order valence-electron chi connectivity index (χ1n) is 5.07. The van der Waals surface area contributed by atoms with Gasteiger partial charge in [0.05, 0.1) is 6.07 Å². The smallest absolute Gasteiger partial charge is 0.153 e. The molecule has 0 heterocycles. The van der Waals surface area contributed by atoms with Crippen molar-refractivity contribution in [3.63, 3.8) is 0 Å². The fourth-order valence-corrected chi connectivity index (χ4v) is 2.14. The number of nitrogens with zero attached hydrogens (tertiary/aromatic N) is 1. The maximum Gasteiger partial charge on any atom is 0.153 e. The molecular formula is C12H17NO. The molecule has 0 aliphatic heterocycles. The summed E-state index contributed by atoms with van der Waals surface area (Å²) in [5, 5.41) is 8.97. The second kappa shape index (κ2) is 3.96. The molecule has 1 aliphatic carbocycles. The molecule has 14 heavy (non-hydrogen) atoms. The van der Waals surface area contributed by atoms with E-state index in [0.29, 0.717) is 5.92 Å². The zero-order valence-electron chi connectivity index (χ0n) is 9.08. The van der Waals surface area contributed by atoms with E-state index in [4.69, 9.17) is 5.26 Å². The number of hydrogen-bond acceptors (Lipinski definition) is 2. The van der Waals surface area contributed by atoms with Crippen molar-refractivity contribution >= 4 is 5.78 Å². The summed E-state index contributed by atoms with van der Waals surface area (Å²) in [6, 6.07) is 2.13. The second-order valence-electron chi connectivity index (χ2n) is 4.46. The maximum atomic E-state index is 11.8. The van der Waals surface area contributed by atoms with Crippen LogP contribution < -0.4 is 0 Å². The number of allylic oxidation sites excluding steroid dienone is 1. The third-order valence-electron chi connectivity index (χ3n) is 3.41. The molecule has 0 aromatic heterocycles. The maximum absolute atomic E-state index is 11.8. The highest BCUT2D eigenvalue weighted by molar-refractivity contribution is 5.87. The van der Waals surface area contributed by atoms with Crippen LogP contribution >= 0.6 is 0 Å². The molecule has 1 fully saturated rings. The zero-order valence-corrected chi connectivity index (χ0v) is 9.08. The number of hydrogen-bond donors (Lipinski definition) is 0. The third kappa shape index (κ3) is 1.72. The average molecular weight is 191 g/mol. The van der Waals surface area contributed by atoms with Crippen LogP contribution in [0, 0.1) is 35.0 Å². The van der Waals surface area contributed by atoms with Crippen LogP contribution in [0.2, 0.25) is 0 Å². The number of carbonyl (C=O) groups excluding carboxylic acids is 1. The second-order valence-corrected chi connectivity index (χ2v) is 4.46. The largest absolute Gasteiger partial charge is 0.298 e. The molecule has 2 nitrogen and oxygen atoms in total. The molecule has 0 spiro atoms. The first-order chi connectivity index (χ1) is 6.49. The molecule has 1 rings (SSSR count). The predicted octanol–water partition coefficient (Wildman–Crippen LogP) is 2.56. The molecule has 2 unspecified atom stereocenters. The summed E-state index contributed by atoms with van der Waals surface area (Å²) in [7, 11) is 0. The van der Waals surface area contributed by atoms with Crippen molar-refractivity contribution in [2.75, 3.05) is 0 Å². The SMILES string of the molecule is C=C(C)[C@@H]1C[C@@H](C)C(C)C(=O)C1C#N. The first-order valence-corrected chi connectivity index (χ1v) is 5.07. The zero-order chi connectivity index (χ0) is 10.9. The fourth-order valence-electron chi connectivity index (χ4n) is 2.14. The summed E-state index contributed by atoms with van der Waals surface area (Å²) in [4.78, 5) is 11.8. The van der Waals surface area contributed by atoms with Crippen molar-refractivity contribution in [3.8, 4) is 6.07 Å². The van der Waals surface area contributed by atoms with Crippen molar-refractivity contribution in [2.24, 2.45) is 23.7 Å². The van der Waals surface area contributed by atoms with Gasteiger partial charge in [-0.05, 0) is 19.3 Å². The molecule has 0 bridgehead atoms. The Kier molecular flexibility index (Phi) is 3.10. The van der Waals surface area contributed by atoms with Crippen molar-refractivity contribution in [3.05, 3.63) is 12.2 Å². The molecule has 0 radical (unpaired) electrons. The Bertz CT molecular complexity index is 300. The molecule has 0 aromatic rings. The standard InChI is InChI=1S/C12H17NO/c1-7(2)10-5-8(3)9(4)12(14)11(10)6-13/h8-11H,1,5H2,2-4H3/t8-,9?,10+,11?/m1/s1. The first kappa shape index (κ1) is 11.0. The number of rotatable bonds is 1. The summed E-state index contributed by atoms with van der Waals surface area (Å²) < 4.78 is 0. The van der Waals surface area contributed by atoms with E-state index in [1.165, 1.54) is 0 Å². The molecular weight excluding hydrogens is 174 g/mol. The van der Waals surface area contributed by atoms with Gasteiger partial charge in [0.2, 0.25) is 0 Å². The van der Waals surface area contributed by atoms with Crippen molar-refractivity contribution in [1.82, 2.24) is 0 Å². The van der Waals surface area contributed by atoms with Gasteiger partial charge in [-0.1, -0.05) is 26.0 Å². The molecule has 0 aromatic carbocycles. The highest BCUT2D eigenvalue weighted by Crippen LogP contribution is 2.37. The van der Waals surface area contributed by atoms with E-state index in [2.05, 4.69) is 19.6 Å². The molecule has 76 valence electrons. The Morgan fingerprint density at radius 3 is 2.57 bits per heavy atom. The van der Waals surface area contributed by atoms with E-state index in [1.54, 1.807) is 0 Å². The van der Waals surface area contributed by atoms with Crippen LogP contribution in [-0.2, 0) is 4.79 Å². The van der Waals surface area contributed by atoms with Crippen LogP contribution in [0.3, 0.4) is 0 Å². The Labute approximate surface area is 85.6 Å². The topological polar surface area (TPSA) is 40.9 Å². The van der Waals surface area contributed by atoms with Crippen LogP contribution in [0.15, 0.2) is 12.2 Å². The van der Waals surface area contributed by atoms with Gasteiger partial charge in [-0.15, -0.1) is 0 Å². The number of carbonyl (C=O) groups is 1. The Morgan fingerprint density at radius 2 is 2.14 bits per heavy atom. The molecule has 0 saturated heterocycles. The third-order valence-corrected chi connectivity index (χ3v) is 3.41. The number of nitriles is 1. The van der Waals surface area contributed by atoms with Gasteiger partial charge < -0.3 is 0 Å². The van der Waals surface area contributed by atoms with Crippen molar-refractivity contribution in [2.45, 2.75) is 27.2 Å². The lowest BCUT2D eigenvalue weighted by Gasteiger charge is -2.34. The van der Waals surface area contributed by atoms with Gasteiger partial charge in [0.25, 0.3) is 0 Å². The monoisotopic (exact) mass is 191 g/mol. The Balaban J connectivity index is 2.95. The molecule has 4 atom stereocenters. The van der Waals surface area contributed by atoms with E-state index < -0.39 is 5.92 Å². The lowest BCUT2D eigenvalue weighted by molar-refractivity contribution is -0.130. The van der Waals surface area contributed by atoms with Gasteiger partial charge >= 0.3 is 0 Å². The quantitative estimate of drug-likeness (QED) is 0.598. The van der Waals surface area contributed by atoms with Gasteiger partial charge in [-0.3, -0.25) is 4.79 Å². The van der Waals surface area contributed by atoms with Crippen LogP contribution in [0.4, 0.5) is 0 Å². The van der Waals surface area contributed by atoms with Gasteiger partial charge in [0.1, 0.15) is 5.92 Å². The van der Waals surface area contributed by atoms with Crippen molar-refractivity contribution in [1.29, 1.82) is 5.26 Å². The summed E-state index contributed by atoms with van der Waals surface area (Å²) in [6.07, 6.45) is 0.917.